The van der Waals surface area contributed by atoms with Crippen LogP contribution >= 0.6 is 11.6 Å². The van der Waals surface area contributed by atoms with Crippen molar-refractivity contribution in [2.24, 2.45) is 0 Å². The fraction of sp³-hybridized carbons (Fsp3) is 0.600. The molecule has 1 aliphatic rings. The lowest BCUT2D eigenvalue weighted by molar-refractivity contribution is 0.354. The highest BCUT2D eigenvalue weighted by Crippen LogP contribution is 2.43. The number of methoxy groups -OCH3 is 2. The van der Waals surface area contributed by atoms with Crippen molar-refractivity contribution >= 4 is 11.6 Å². The summed E-state index contributed by atoms with van der Waals surface area (Å²) in [4.78, 5) is 0. The van der Waals surface area contributed by atoms with Crippen LogP contribution in [0.3, 0.4) is 0 Å². The lowest BCUT2D eigenvalue weighted by Gasteiger charge is -2.21. The van der Waals surface area contributed by atoms with E-state index in [-0.39, 0.29) is 0 Å². The standard InChI is InChI=1S/C15H22ClNO2/c1-5-12-11(8-9(2)17-12)10-6-7-13(18-3)15(19-4)14(10)16/h6-7,9,11-12,17H,5,8H2,1-4H3. The molecule has 3 nitrogen and oxygen atoms in total. The average Bonchev–Trinajstić information content (AvgIpc) is 2.79. The number of hydrogen-bond donors (Lipinski definition) is 1. The first-order valence-electron chi connectivity index (χ1n) is 6.78. The predicted molar refractivity (Wildman–Crippen MR) is 78.6 cm³/mol. The van der Waals surface area contributed by atoms with Gasteiger partial charge in [0.15, 0.2) is 11.5 Å². The molecule has 1 N–H and O–H groups in total. The van der Waals surface area contributed by atoms with E-state index in [0.29, 0.717) is 34.5 Å². The Morgan fingerprint density at radius 2 is 2.05 bits per heavy atom. The highest BCUT2D eigenvalue weighted by Gasteiger charge is 2.33. The third-order valence-corrected chi connectivity index (χ3v) is 4.34. The van der Waals surface area contributed by atoms with Gasteiger partial charge in [0.1, 0.15) is 0 Å². The summed E-state index contributed by atoms with van der Waals surface area (Å²) in [5, 5.41) is 4.30. The number of rotatable bonds is 4. The third kappa shape index (κ3) is 2.67. The zero-order valence-corrected chi connectivity index (χ0v) is 12.8. The second-order valence-corrected chi connectivity index (χ2v) is 5.51. The maximum Gasteiger partial charge on any atom is 0.179 e. The van der Waals surface area contributed by atoms with Gasteiger partial charge in [-0.1, -0.05) is 24.6 Å². The maximum atomic E-state index is 6.51. The molecule has 1 fully saturated rings. The van der Waals surface area contributed by atoms with Crippen LogP contribution in [0, 0.1) is 0 Å². The van der Waals surface area contributed by atoms with Crippen molar-refractivity contribution in [3.05, 3.63) is 22.7 Å². The number of hydrogen-bond acceptors (Lipinski definition) is 3. The molecule has 0 spiro atoms. The molecule has 1 aliphatic heterocycles. The SMILES string of the molecule is CCC1NC(C)CC1c1ccc(OC)c(OC)c1Cl. The van der Waals surface area contributed by atoms with Gasteiger partial charge in [0.2, 0.25) is 0 Å². The van der Waals surface area contributed by atoms with Crippen molar-refractivity contribution in [1.82, 2.24) is 5.32 Å². The lowest BCUT2D eigenvalue weighted by atomic mass is 9.89. The summed E-state index contributed by atoms with van der Waals surface area (Å²) in [6.45, 7) is 4.43. The quantitative estimate of drug-likeness (QED) is 0.916. The van der Waals surface area contributed by atoms with Gasteiger partial charge in [0, 0.05) is 18.0 Å². The second-order valence-electron chi connectivity index (χ2n) is 5.13. The van der Waals surface area contributed by atoms with Gasteiger partial charge in [0.25, 0.3) is 0 Å². The minimum Gasteiger partial charge on any atom is -0.493 e. The monoisotopic (exact) mass is 283 g/mol. The van der Waals surface area contributed by atoms with Crippen molar-refractivity contribution in [3.63, 3.8) is 0 Å². The zero-order valence-electron chi connectivity index (χ0n) is 12.0. The van der Waals surface area contributed by atoms with Crippen molar-refractivity contribution in [3.8, 4) is 11.5 Å². The van der Waals surface area contributed by atoms with E-state index < -0.39 is 0 Å². The molecule has 3 atom stereocenters. The molecule has 0 aromatic heterocycles. The third-order valence-electron chi connectivity index (χ3n) is 3.95. The highest BCUT2D eigenvalue weighted by atomic mass is 35.5. The summed E-state index contributed by atoms with van der Waals surface area (Å²) in [6, 6.07) is 5.01. The number of ether oxygens (including phenoxy) is 2. The summed E-state index contributed by atoms with van der Waals surface area (Å²) in [5.41, 5.74) is 1.16. The van der Waals surface area contributed by atoms with Gasteiger partial charge < -0.3 is 14.8 Å². The summed E-state index contributed by atoms with van der Waals surface area (Å²) >= 11 is 6.51. The Balaban J connectivity index is 2.40. The van der Waals surface area contributed by atoms with Crippen molar-refractivity contribution in [2.75, 3.05) is 14.2 Å². The molecular weight excluding hydrogens is 262 g/mol. The largest absolute Gasteiger partial charge is 0.493 e. The Kier molecular flexibility index (Phi) is 4.58. The number of halogens is 1. The number of nitrogens with one attached hydrogen (secondary N) is 1. The minimum absolute atomic E-state index is 0.437. The van der Waals surface area contributed by atoms with E-state index in [2.05, 4.69) is 25.2 Å². The van der Waals surface area contributed by atoms with Crippen LogP contribution in [0.5, 0.6) is 11.5 Å². The second kappa shape index (κ2) is 6.02. The predicted octanol–water partition coefficient (Wildman–Crippen LogP) is 3.60. The van der Waals surface area contributed by atoms with Crippen LogP contribution in [0.15, 0.2) is 12.1 Å². The zero-order chi connectivity index (χ0) is 14.0. The normalized spacial score (nSPS) is 26.5. The van der Waals surface area contributed by atoms with Crippen molar-refractivity contribution in [2.45, 2.75) is 44.7 Å². The topological polar surface area (TPSA) is 30.5 Å². The molecule has 3 unspecified atom stereocenters. The first kappa shape index (κ1) is 14.5. The van der Waals surface area contributed by atoms with Gasteiger partial charge in [-0.3, -0.25) is 0 Å². The van der Waals surface area contributed by atoms with Gasteiger partial charge in [0.05, 0.1) is 19.2 Å². The fourth-order valence-electron chi connectivity index (χ4n) is 3.03. The van der Waals surface area contributed by atoms with E-state index in [1.54, 1.807) is 14.2 Å². The molecule has 0 amide bonds. The molecule has 1 heterocycles. The van der Waals surface area contributed by atoms with Crippen LogP contribution in [-0.2, 0) is 0 Å². The Bertz CT molecular complexity index is 450. The van der Waals surface area contributed by atoms with Crippen LogP contribution in [-0.4, -0.2) is 26.3 Å². The number of benzene rings is 1. The van der Waals surface area contributed by atoms with Gasteiger partial charge in [-0.2, -0.15) is 0 Å². The smallest absolute Gasteiger partial charge is 0.179 e. The van der Waals surface area contributed by atoms with Gasteiger partial charge in [-0.15, -0.1) is 0 Å². The van der Waals surface area contributed by atoms with E-state index in [1.807, 2.05) is 6.07 Å². The van der Waals surface area contributed by atoms with Crippen LogP contribution in [0.25, 0.3) is 0 Å². The van der Waals surface area contributed by atoms with E-state index >= 15 is 0 Å². The molecule has 0 radical (unpaired) electrons. The van der Waals surface area contributed by atoms with Crippen molar-refractivity contribution in [1.29, 1.82) is 0 Å². The molecule has 1 aromatic carbocycles. The Morgan fingerprint density at radius 3 is 2.63 bits per heavy atom. The van der Waals surface area contributed by atoms with Gasteiger partial charge >= 0.3 is 0 Å². The molecule has 1 aromatic rings. The molecule has 1 saturated heterocycles. The van der Waals surface area contributed by atoms with E-state index in [0.717, 1.165) is 18.4 Å². The molecular formula is C15H22ClNO2. The average molecular weight is 284 g/mol. The van der Waals surface area contributed by atoms with Crippen LogP contribution in [0.4, 0.5) is 0 Å². The summed E-state index contributed by atoms with van der Waals surface area (Å²) in [6.07, 6.45) is 2.20. The fourth-order valence-corrected chi connectivity index (χ4v) is 3.41. The summed E-state index contributed by atoms with van der Waals surface area (Å²) in [5.74, 6) is 1.76. The van der Waals surface area contributed by atoms with Gasteiger partial charge in [-0.05, 0) is 31.4 Å². The molecule has 2 rings (SSSR count). The Labute approximate surface area is 120 Å². The van der Waals surface area contributed by atoms with E-state index in [1.165, 1.54) is 0 Å². The first-order valence-corrected chi connectivity index (χ1v) is 7.16. The lowest BCUT2D eigenvalue weighted by Crippen LogP contribution is -2.28. The van der Waals surface area contributed by atoms with Crippen molar-refractivity contribution < 1.29 is 9.47 Å². The van der Waals surface area contributed by atoms with Gasteiger partial charge in [-0.25, -0.2) is 0 Å². The molecule has 0 bridgehead atoms. The van der Waals surface area contributed by atoms with Crippen LogP contribution in [0.2, 0.25) is 5.02 Å². The van der Waals surface area contributed by atoms with E-state index in [9.17, 15) is 0 Å². The van der Waals surface area contributed by atoms with Crippen LogP contribution in [0.1, 0.15) is 38.2 Å². The molecule has 0 aliphatic carbocycles. The first-order chi connectivity index (χ1) is 9.12. The minimum atomic E-state index is 0.437. The Morgan fingerprint density at radius 1 is 1.32 bits per heavy atom. The van der Waals surface area contributed by atoms with E-state index in [4.69, 9.17) is 21.1 Å². The Hall–Kier alpha value is -0.930. The summed E-state index contributed by atoms with van der Waals surface area (Å²) < 4.78 is 10.7. The maximum absolute atomic E-state index is 6.51. The van der Waals surface area contributed by atoms with Crippen LogP contribution < -0.4 is 14.8 Å². The molecule has 19 heavy (non-hydrogen) atoms. The molecule has 106 valence electrons. The summed E-state index contributed by atoms with van der Waals surface area (Å²) in [7, 11) is 3.25. The highest BCUT2D eigenvalue weighted by molar-refractivity contribution is 6.33. The molecule has 4 heteroatoms. The molecule has 0 saturated carbocycles.